The molecule has 0 N–H and O–H groups in total. The molecule has 3 aliphatic rings. The number of benzene rings is 2. The molecular formula is C25H30N4O3. The van der Waals surface area contributed by atoms with Crippen LogP contribution in [0.3, 0.4) is 0 Å². The zero-order valence-corrected chi connectivity index (χ0v) is 18.8. The minimum atomic E-state index is 0.0272. The van der Waals surface area contributed by atoms with Crippen LogP contribution in [0.1, 0.15) is 40.0 Å². The quantitative estimate of drug-likeness (QED) is 0.743. The van der Waals surface area contributed by atoms with Crippen LogP contribution in [-0.4, -0.2) is 74.7 Å². The van der Waals surface area contributed by atoms with Crippen LogP contribution in [0, 0.1) is 0 Å². The molecule has 168 valence electrons. The number of fused-ring (bicyclic) bond motifs is 2. The van der Waals surface area contributed by atoms with E-state index < -0.39 is 0 Å². The number of piperidine rings is 1. The van der Waals surface area contributed by atoms with Crippen LogP contribution in [0.2, 0.25) is 0 Å². The molecule has 0 saturated carbocycles. The average Bonchev–Trinajstić information content (AvgIpc) is 2.86. The molecule has 0 radical (unpaired) electrons. The van der Waals surface area contributed by atoms with Crippen LogP contribution < -0.4 is 14.5 Å². The van der Waals surface area contributed by atoms with Crippen molar-refractivity contribution in [1.29, 1.82) is 0 Å². The molecule has 2 aromatic rings. The van der Waals surface area contributed by atoms with Gasteiger partial charge in [0.05, 0.1) is 24.0 Å². The van der Waals surface area contributed by atoms with Crippen molar-refractivity contribution in [1.82, 2.24) is 9.80 Å². The SMILES string of the molecule is COc1ccccc1N1CCN(C(=O)c2ccc3c(c2)N(C)C2CCCCN2C3=O)CC1. The largest absolute Gasteiger partial charge is 0.495 e. The lowest BCUT2D eigenvalue weighted by Crippen LogP contribution is -2.56. The summed E-state index contributed by atoms with van der Waals surface area (Å²) in [6, 6.07) is 13.5. The topological polar surface area (TPSA) is 56.3 Å². The molecule has 0 spiro atoms. The van der Waals surface area contributed by atoms with Crippen molar-refractivity contribution in [2.45, 2.75) is 25.4 Å². The van der Waals surface area contributed by atoms with Crippen molar-refractivity contribution in [2.24, 2.45) is 0 Å². The van der Waals surface area contributed by atoms with E-state index in [2.05, 4.69) is 15.9 Å². The highest BCUT2D eigenvalue weighted by atomic mass is 16.5. The van der Waals surface area contributed by atoms with E-state index in [0.717, 1.165) is 56.0 Å². The molecule has 0 aromatic heterocycles. The number of hydrogen-bond acceptors (Lipinski definition) is 5. The summed E-state index contributed by atoms with van der Waals surface area (Å²) in [5.41, 5.74) is 3.28. The van der Waals surface area contributed by atoms with Crippen LogP contribution in [0.5, 0.6) is 5.75 Å². The Balaban J connectivity index is 1.32. The number of methoxy groups -OCH3 is 1. The molecular weight excluding hydrogens is 404 g/mol. The summed E-state index contributed by atoms with van der Waals surface area (Å²) in [6.45, 7) is 3.63. The summed E-state index contributed by atoms with van der Waals surface area (Å²) in [4.78, 5) is 34.6. The number of carbonyl (C=O) groups is 2. The lowest BCUT2D eigenvalue weighted by molar-refractivity contribution is 0.0588. The van der Waals surface area contributed by atoms with Gasteiger partial charge in [0.1, 0.15) is 11.9 Å². The molecule has 1 atom stereocenters. The number of piperazine rings is 1. The molecule has 2 fully saturated rings. The molecule has 2 saturated heterocycles. The Kier molecular flexibility index (Phi) is 5.41. The van der Waals surface area contributed by atoms with Gasteiger partial charge in [0.15, 0.2) is 0 Å². The predicted octanol–water partition coefficient (Wildman–Crippen LogP) is 3.06. The number of para-hydroxylation sites is 2. The molecule has 32 heavy (non-hydrogen) atoms. The molecule has 3 aliphatic heterocycles. The average molecular weight is 435 g/mol. The Morgan fingerprint density at radius 2 is 1.75 bits per heavy atom. The highest BCUT2D eigenvalue weighted by molar-refractivity contribution is 6.04. The minimum Gasteiger partial charge on any atom is -0.495 e. The van der Waals surface area contributed by atoms with E-state index in [1.54, 1.807) is 7.11 Å². The number of ether oxygens (including phenoxy) is 1. The van der Waals surface area contributed by atoms with Gasteiger partial charge in [0, 0.05) is 45.3 Å². The second kappa shape index (κ2) is 8.37. The summed E-state index contributed by atoms with van der Waals surface area (Å²) >= 11 is 0. The van der Waals surface area contributed by atoms with Gasteiger partial charge >= 0.3 is 0 Å². The number of anilines is 2. The first-order valence-corrected chi connectivity index (χ1v) is 11.4. The first kappa shape index (κ1) is 20.7. The van der Waals surface area contributed by atoms with Gasteiger partial charge in [0.25, 0.3) is 11.8 Å². The molecule has 7 nitrogen and oxygen atoms in total. The van der Waals surface area contributed by atoms with Gasteiger partial charge in [-0.15, -0.1) is 0 Å². The number of hydrogen-bond donors (Lipinski definition) is 0. The molecule has 2 aromatic carbocycles. The van der Waals surface area contributed by atoms with Gasteiger partial charge in [-0.1, -0.05) is 12.1 Å². The van der Waals surface area contributed by atoms with Gasteiger partial charge < -0.3 is 24.3 Å². The Labute approximate surface area is 189 Å². The van der Waals surface area contributed by atoms with E-state index in [1.807, 2.05) is 53.2 Å². The monoisotopic (exact) mass is 434 g/mol. The lowest BCUT2D eigenvalue weighted by Gasteiger charge is -2.46. The molecule has 0 bridgehead atoms. The zero-order chi connectivity index (χ0) is 22.2. The molecule has 1 unspecified atom stereocenters. The fourth-order valence-electron chi connectivity index (χ4n) is 5.23. The minimum absolute atomic E-state index is 0.0272. The summed E-state index contributed by atoms with van der Waals surface area (Å²) in [5, 5.41) is 0. The van der Waals surface area contributed by atoms with Crippen LogP contribution >= 0.6 is 0 Å². The first-order valence-electron chi connectivity index (χ1n) is 11.4. The summed E-state index contributed by atoms with van der Waals surface area (Å²) in [6.07, 6.45) is 3.26. The van der Waals surface area contributed by atoms with E-state index in [1.165, 1.54) is 0 Å². The van der Waals surface area contributed by atoms with Crippen LogP contribution in [-0.2, 0) is 0 Å². The predicted molar refractivity (Wildman–Crippen MR) is 125 cm³/mol. The molecule has 2 amide bonds. The van der Waals surface area contributed by atoms with Gasteiger partial charge in [-0.25, -0.2) is 0 Å². The molecule has 5 rings (SSSR count). The second-order valence-corrected chi connectivity index (χ2v) is 8.77. The van der Waals surface area contributed by atoms with Gasteiger partial charge in [-0.05, 0) is 49.6 Å². The number of carbonyl (C=O) groups excluding carboxylic acids is 2. The Bertz CT molecular complexity index is 1030. The van der Waals surface area contributed by atoms with Crippen molar-refractivity contribution in [3.8, 4) is 5.75 Å². The van der Waals surface area contributed by atoms with Crippen molar-refractivity contribution >= 4 is 23.2 Å². The molecule has 3 heterocycles. The maximum atomic E-state index is 13.3. The van der Waals surface area contributed by atoms with Gasteiger partial charge in [0.2, 0.25) is 0 Å². The Morgan fingerprint density at radius 3 is 2.53 bits per heavy atom. The number of amides is 2. The van der Waals surface area contributed by atoms with Crippen molar-refractivity contribution in [3.05, 3.63) is 53.6 Å². The van der Waals surface area contributed by atoms with Crippen LogP contribution in [0.25, 0.3) is 0 Å². The third-order valence-corrected chi connectivity index (χ3v) is 7.03. The summed E-state index contributed by atoms with van der Waals surface area (Å²) < 4.78 is 5.49. The van der Waals surface area contributed by atoms with Crippen molar-refractivity contribution in [2.75, 3.05) is 56.7 Å². The summed E-state index contributed by atoms with van der Waals surface area (Å²) in [7, 11) is 3.72. The molecule has 0 aliphatic carbocycles. The van der Waals surface area contributed by atoms with Gasteiger partial charge in [-0.3, -0.25) is 9.59 Å². The summed E-state index contributed by atoms with van der Waals surface area (Å²) in [5.74, 6) is 0.970. The Morgan fingerprint density at radius 1 is 0.969 bits per heavy atom. The lowest BCUT2D eigenvalue weighted by atomic mass is 9.97. The highest BCUT2D eigenvalue weighted by Gasteiger charge is 2.37. The van der Waals surface area contributed by atoms with E-state index in [9.17, 15) is 9.59 Å². The zero-order valence-electron chi connectivity index (χ0n) is 18.8. The second-order valence-electron chi connectivity index (χ2n) is 8.77. The fourth-order valence-corrected chi connectivity index (χ4v) is 5.23. The first-order chi connectivity index (χ1) is 15.6. The Hall–Kier alpha value is -3.22. The van der Waals surface area contributed by atoms with Crippen molar-refractivity contribution in [3.63, 3.8) is 0 Å². The van der Waals surface area contributed by atoms with Crippen molar-refractivity contribution < 1.29 is 14.3 Å². The maximum absolute atomic E-state index is 13.3. The fraction of sp³-hybridized carbons (Fsp3) is 0.440. The normalized spacial score (nSPS) is 20.7. The number of nitrogens with zero attached hydrogens (tertiary/aromatic N) is 4. The van der Waals surface area contributed by atoms with Gasteiger partial charge in [-0.2, -0.15) is 0 Å². The van der Waals surface area contributed by atoms with E-state index in [4.69, 9.17) is 4.74 Å². The van der Waals surface area contributed by atoms with Crippen LogP contribution in [0.4, 0.5) is 11.4 Å². The third kappa shape index (κ3) is 3.45. The molecule has 7 heteroatoms. The maximum Gasteiger partial charge on any atom is 0.257 e. The van der Waals surface area contributed by atoms with E-state index >= 15 is 0 Å². The third-order valence-electron chi connectivity index (χ3n) is 7.03. The standard InChI is InChI=1S/C25H30N4O3/c1-26-21-17-18(10-11-19(21)25(31)29-12-6-5-9-23(26)29)24(30)28-15-13-27(14-16-28)20-7-3-4-8-22(20)32-2/h3-4,7-8,10-11,17,23H,5-6,9,12-16H2,1-2H3. The highest BCUT2D eigenvalue weighted by Crippen LogP contribution is 2.35. The van der Waals surface area contributed by atoms with E-state index in [0.29, 0.717) is 24.2 Å². The smallest absolute Gasteiger partial charge is 0.257 e. The number of rotatable bonds is 3. The van der Waals surface area contributed by atoms with E-state index in [-0.39, 0.29) is 18.0 Å². The van der Waals surface area contributed by atoms with Crippen LogP contribution in [0.15, 0.2) is 42.5 Å².